The Morgan fingerprint density at radius 2 is 1.48 bits per heavy atom. The summed E-state index contributed by atoms with van der Waals surface area (Å²) < 4.78 is 0. The summed E-state index contributed by atoms with van der Waals surface area (Å²) in [5, 5.41) is 2.46. The maximum absolute atomic E-state index is 4.90. The van der Waals surface area contributed by atoms with Crippen LogP contribution in [0.4, 0.5) is 0 Å². The number of nitrogens with zero attached hydrogens (tertiary/aromatic N) is 2. The summed E-state index contributed by atoms with van der Waals surface area (Å²) in [6.07, 6.45) is 3.65. The Morgan fingerprint density at radius 3 is 2.32 bits per heavy atom. The zero-order valence-corrected chi connectivity index (χ0v) is 13.8. The van der Waals surface area contributed by atoms with Gasteiger partial charge in [-0.15, -0.1) is 0 Å². The van der Waals surface area contributed by atoms with E-state index in [4.69, 9.17) is 4.99 Å². The molecule has 2 nitrogen and oxygen atoms in total. The second-order valence-corrected chi connectivity index (χ2v) is 5.91. The van der Waals surface area contributed by atoms with Crippen LogP contribution >= 0.6 is 0 Å². The fraction of sp³-hybridized carbons (Fsp3) is 0.0435. The second-order valence-electron chi connectivity index (χ2n) is 5.91. The fourth-order valence-electron chi connectivity index (χ4n) is 3.07. The van der Waals surface area contributed by atoms with Gasteiger partial charge in [0.1, 0.15) is 6.04 Å². The van der Waals surface area contributed by atoms with Gasteiger partial charge in [0.05, 0.1) is 5.69 Å². The van der Waals surface area contributed by atoms with Crippen molar-refractivity contribution in [3.8, 4) is 0 Å². The van der Waals surface area contributed by atoms with Crippen molar-refractivity contribution in [1.29, 1.82) is 0 Å². The van der Waals surface area contributed by atoms with Gasteiger partial charge >= 0.3 is 0 Å². The van der Waals surface area contributed by atoms with E-state index < -0.39 is 0 Å². The predicted octanol–water partition coefficient (Wildman–Crippen LogP) is 5.44. The summed E-state index contributed by atoms with van der Waals surface area (Å²) in [6.45, 7) is 0. The molecule has 4 aromatic rings. The van der Waals surface area contributed by atoms with Crippen molar-refractivity contribution in [1.82, 2.24) is 4.98 Å². The average Bonchev–Trinajstić information content (AvgIpc) is 2.70. The van der Waals surface area contributed by atoms with Gasteiger partial charge in [-0.05, 0) is 34.0 Å². The molecule has 1 atom stereocenters. The Hall–Kier alpha value is -3.26. The molecular weight excluding hydrogens is 304 g/mol. The Bertz CT molecular complexity index is 987. The highest BCUT2D eigenvalue weighted by Gasteiger charge is 2.14. The molecule has 0 radical (unpaired) electrons. The van der Waals surface area contributed by atoms with Gasteiger partial charge in [0.15, 0.2) is 0 Å². The Kier molecular flexibility index (Phi) is 4.34. The highest BCUT2D eigenvalue weighted by Crippen LogP contribution is 2.31. The first-order valence-electron chi connectivity index (χ1n) is 8.38. The van der Waals surface area contributed by atoms with Crippen LogP contribution in [-0.2, 0) is 0 Å². The Labute approximate surface area is 147 Å². The summed E-state index contributed by atoms with van der Waals surface area (Å²) >= 11 is 0. The van der Waals surface area contributed by atoms with E-state index in [1.165, 1.54) is 21.9 Å². The summed E-state index contributed by atoms with van der Waals surface area (Å²) in [7, 11) is 0. The largest absolute Gasteiger partial charge is 0.278 e. The van der Waals surface area contributed by atoms with Crippen LogP contribution in [-0.4, -0.2) is 11.2 Å². The molecule has 0 aliphatic rings. The fourth-order valence-corrected chi connectivity index (χ4v) is 3.07. The third-order valence-electron chi connectivity index (χ3n) is 4.28. The summed E-state index contributed by atoms with van der Waals surface area (Å²) in [6, 6.07) is 31.1. The van der Waals surface area contributed by atoms with Crippen molar-refractivity contribution in [2.24, 2.45) is 4.99 Å². The number of fused-ring (bicyclic) bond motifs is 1. The quantitative estimate of drug-likeness (QED) is 0.459. The monoisotopic (exact) mass is 322 g/mol. The number of benzene rings is 3. The molecule has 0 bridgehead atoms. The van der Waals surface area contributed by atoms with Gasteiger partial charge in [0.25, 0.3) is 0 Å². The minimum Gasteiger partial charge on any atom is -0.278 e. The van der Waals surface area contributed by atoms with Gasteiger partial charge < -0.3 is 0 Å². The average molecular weight is 322 g/mol. The van der Waals surface area contributed by atoms with E-state index in [1.807, 2.05) is 30.5 Å². The third kappa shape index (κ3) is 3.33. The van der Waals surface area contributed by atoms with Gasteiger partial charge in [0.2, 0.25) is 0 Å². The van der Waals surface area contributed by atoms with Crippen molar-refractivity contribution in [2.75, 3.05) is 0 Å². The molecule has 0 saturated carbocycles. The molecule has 1 unspecified atom stereocenters. The van der Waals surface area contributed by atoms with Crippen molar-refractivity contribution in [3.63, 3.8) is 0 Å². The zero-order chi connectivity index (χ0) is 16.9. The molecule has 1 aromatic heterocycles. The molecule has 0 amide bonds. The van der Waals surface area contributed by atoms with Gasteiger partial charge in [0, 0.05) is 12.4 Å². The lowest BCUT2D eigenvalue weighted by Gasteiger charge is -2.16. The number of pyridine rings is 1. The molecule has 4 rings (SSSR count). The predicted molar refractivity (Wildman–Crippen MR) is 104 cm³/mol. The van der Waals surface area contributed by atoms with Gasteiger partial charge in [-0.1, -0.05) is 78.9 Å². The van der Waals surface area contributed by atoms with Gasteiger partial charge in [-0.3, -0.25) is 9.98 Å². The van der Waals surface area contributed by atoms with Crippen molar-refractivity contribution >= 4 is 17.0 Å². The lowest BCUT2D eigenvalue weighted by Crippen LogP contribution is -2.00. The highest BCUT2D eigenvalue weighted by molar-refractivity contribution is 5.87. The maximum atomic E-state index is 4.90. The molecule has 0 aliphatic heterocycles. The van der Waals surface area contributed by atoms with E-state index in [1.54, 1.807) is 6.20 Å². The molecule has 0 saturated heterocycles. The minimum atomic E-state index is -0.0608. The number of aliphatic imine (C=N–C) groups is 1. The lowest BCUT2D eigenvalue weighted by atomic mass is 9.94. The van der Waals surface area contributed by atoms with Crippen LogP contribution in [0.2, 0.25) is 0 Å². The first-order valence-corrected chi connectivity index (χ1v) is 8.38. The Morgan fingerprint density at radius 1 is 0.720 bits per heavy atom. The molecule has 2 heteroatoms. The van der Waals surface area contributed by atoms with E-state index in [9.17, 15) is 0 Å². The van der Waals surface area contributed by atoms with Gasteiger partial charge in [-0.25, -0.2) is 0 Å². The zero-order valence-electron chi connectivity index (χ0n) is 13.8. The van der Waals surface area contributed by atoms with Crippen molar-refractivity contribution in [2.45, 2.75) is 6.04 Å². The van der Waals surface area contributed by atoms with Crippen LogP contribution < -0.4 is 0 Å². The molecule has 0 fully saturated rings. The molecular formula is C23H18N2. The SMILES string of the molecule is C(=NC(c1ccccc1)c1cccc2ccccc12)c1ccccn1. The van der Waals surface area contributed by atoms with E-state index in [0.717, 1.165) is 5.69 Å². The lowest BCUT2D eigenvalue weighted by molar-refractivity contribution is 0.886. The molecule has 0 aliphatic carbocycles. The Balaban J connectivity index is 1.84. The summed E-state index contributed by atoms with van der Waals surface area (Å²) in [4.78, 5) is 9.25. The maximum Gasteiger partial charge on any atom is 0.101 e. The first-order chi connectivity index (χ1) is 12.4. The topological polar surface area (TPSA) is 25.2 Å². The van der Waals surface area contributed by atoms with Crippen LogP contribution in [0, 0.1) is 0 Å². The molecule has 25 heavy (non-hydrogen) atoms. The first kappa shape index (κ1) is 15.3. The van der Waals surface area contributed by atoms with E-state index in [0.29, 0.717) is 0 Å². The van der Waals surface area contributed by atoms with E-state index in [-0.39, 0.29) is 6.04 Å². The van der Waals surface area contributed by atoms with Crippen LogP contribution in [0.25, 0.3) is 10.8 Å². The minimum absolute atomic E-state index is 0.0608. The second kappa shape index (κ2) is 7.10. The van der Waals surface area contributed by atoms with Crippen LogP contribution in [0.1, 0.15) is 22.9 Å². The van der Waals surface area contributed by atoms with E-state index in [2.05, 4.69) is 71.7 Å². The number of rotatable bonds is 4. The smallest absolute Gasteiger partial charge is 0.101 e. The normalized spacial score (nSPS) is 12.5. The third-order valence-corrected chi connectivity index (χ3v) is 4.28. The van der Waals surface area contributed by atoms with Crippen LogP contribution in [0.5, 0.6) is 0 Å². The molecule has 0 spiro atoms. The number of aromatic nitrogens is 1. The van der Waals surface area contributed by atoms with Crippen molar-refractivity contribution in [3.05, 3.63) is 114 Å². The van der Waals surface area contributed by atoms with Crippen molar-refractivity contribution < 1.29 is 0 Å². The number of hydrogen-bond acceptors (Lipinski definition) is 2. The van der Waals surface area contributed by atoms with Crippen LogP contribution in [0.15, 0.2) is 102 Å². The summed E-state index contributed by atoms with van der Waals surface area (Å²) in [5.41, 5.74) is 3.24. The molecule has 0 N–H and O–H groups in total. The van der Waals surface area contributed by atoms with Crippen LogP contribution in [0.3, 0.4) is 0 Å². The standard InChI is InChI=1S/C23H18N2/c1-2-10-19(11-3-1)23(25-17-20-13-6-7-16-24-20)22-15-8-12-18-9-4-5-14-21(18)22/h1-17,23H. The molecule has 1 heterocycles. The highest BCUT2D eigenvalue weighted by atomic mass is 14.8. The molecule has 3 aromatic carbocycles. The van der Waals surface area contributed by atoms with E-state index >= 15 is 0 Å². The summed E-state index contributed by atoms with van der Waals surface area (Å²) in [5.74, 6) is 0. The van der Waals surface area contributed by atoms with Gasteiger partial charge in [-0.2, -0.15) is 0 Å². The number of hydrogen-bond donors (Lipinski definition) is 0. The molecule has 120 valence electrons.